The molecule has 1 aliphatic rings. The van der Waals surface area contributed by atoms with Crippen LogP contribution in [0.5, 0.6) is 0 Å². The van der Waals surface area contributed by atoms with E-state index in [2.05, 4.69) is 15.6 Å². The molecule has 7 nitrogen and oxygen atoms in total. The summed E-state index contributed by atoms with van der Waals surface area (Å²) in [6, 6.07) is 0. The Balaban J connectivity index is 1.85. The predicted molar refractivity (Wildman–Crippen MR) is 78.2 cm³/mol. The molecule has 2 heterocycles. The number of nitrogen functional groups attached to an aromatic ring is 1. The smallest absolute Gasteiger partial charge is 0.265 e. The number of amides is 1. The van der Waals surface area contributed by atoms with Crippen LogP contribution in [0.3, 0.4) is 0 Å². The normalized spacial score (nSPS) is 18.1. The molecule has 20 heavy (non-hydrogen) atoms. The first kappa shape index (κ1) is 15.0. The van der Waals surface area contributed by atoms with Crippen LogP contribution in [-0.4, -0.2) is 50.9 Å². The molecule has 0 saturated carbocycles. The number of aromatic nitrogens is 1. The van der Waals surface area contributed by atoms with Crippen LogP contribution in [0, 0.1) is 5.92 Å². The van der Waals surface area contributed by atoms with Gasteiger partial charge in [-0.3, -0.25) is 4.79 Å². The van der Waals surface area contributed by atoms with Crippen LogP contribution in [0.4, 0.5) is 10.9 Å². The van der Waals surface area contributed by atoms with Crippen LogP contribution < -0.4 is 16.4 Å². The molecule has 4 N–H and O–H groups in total. The Morgan fingerprint density at radius 2 is 2.50 bits per heavy atom. The highest BCUT2D eigenvalue weighted by atomic mass is 32.1. The van der Waals surface area contributed by atoms with E-state index in [9.17, 15) is 4.79 Å². The molecule has 1 unspecified atom stereocenters. The monoisotopic (exact) mass is 300 g/mol. The Kier molecular flexibility index (Phi) is 5.57. The summed E-state index contributed by atoms with van der Waals surface area (Å²) >= 11 is 1.25. The maximum Gasteiger partial charge on any atom is 0.265 e. The number of nitrogens with two attached hydrogens (primary N) is 1. The zero-order valence-corrected chi connectivity index (χ0v) is 12.3. The van der Waals surface area contributed by atoms with Gasteiger partial charge in [-0.05, 0) is 6.42 Å². The van der Waals surface area contributed by atoms with Crippen LogP contribution in [-0.2, 0) is 9.47 Å². The lowest BCUT2D eigenvalue weighted by Crippen LogP contribution is -2.29. The number of nitrogens with zero attached hydrogens (tertiary/aromatic N) is 1. The summed E-state index contributed by atoms with van der Waals surface area (Å²) in [7, 11) is 1.63. The fourth-order valence-electron chi connectivity index (χ4n) is 1.89. The first-order valence-corrected chi connectivity index (χ1v) is 7.37. The van der Waals surface area contributed by atoms with Gasteiger partial charge in [-0.1, -0.05) is 11.3 Å². The van der Waals surface area contributed by atoms with E-state index in [-0.39, 0.29) is 11.7 Å². The Morgan fingerprint density at radius 3 is 3.20 bits per heavy atom. The van der Waals surface area contributed by atoms with E-state index in [4.69, 9.17) is 15.2 Å². The van der Waals surface area contributed by atoms with Gasteiger partial charge in [0.05, 0.1) is 13.2 Å². The minimum Gasteiger partial charge on any atom is -0.383 e. The quantitative estimate of drug-likeness (QED) is 0.636. The number of carbonyl (C=O) groups excluding carboxylic acids is 1. The summed E-state index contributed by atoms with van der Waals surface area (Å²) in [5.41, 5.74) is 5.77. The zero-order chi connectivity index (χ0) is 14.4. The van der Waals surface area contributed by atoms with Gasteiger partial charge < -0.3 is 25.8 Å². The third-order valence-electron chi connectivity index (χ3n) is 3.02. The molecule has 0 aliphatic carbocycles. The van der Waals surface area contributed by atoms with Crippen molar-refractivity contribution in [2.45, 2.75) is 6.42 Å². The zero-order valence-electron chi connectivity index (χ0n) is 11.5. The van der Waals surface area contributed by atoms with Crippen molar-refractivity contribution < 1.29 is 14.3 Å². The maximum absolute atomic E-state index is 12.1. The molecule has 8 heteroatoms. The molecule has 2 rings (SSSR count). The number of rotatable bonds is 7. The van der Waals surface area contributed by atoms with E-state index >= 15 is 0 Å². The molecule has 0 radical (unpaired) electrons. The molecule has 1 aliphatic heterocycles. The molecule has 0 spiro atoms. The predicted octanol–water partition coefficient (Wildman–Crippen LogP) is 0.550. The van der Waals surface area contributed by atoms with E-state index < -0.39 is 0 Å². The lowest BCUT2D eigenvalue weighted by molar-refractivity contribution is 0.0949. The second-order valence-corrected chi connectivity index (χ2v) is 5.59. The van der Waals surface area contributed by atoms with Crippen LogP contribution in [0.2, 0.25) is 0 Å². The number of ether oxygens (including phenoxy) is 2. The largest absolute Gasteiger partial charge is 0.383 e. The first-order chi connectivity index (χ1) is 9.70. The van der Waals surface area contributed by atoms with Crippen LogP contribution >= 0.6 is 11.3 Å². The summed E-state index contributed by atoms with van der Waals surface area (Å²) in [5.74, 6) is 0.481. The number of methoxy groups -OCH3 is 1. The standard InChI is InChI=1S/C12H20N4O3S/c1-18-5-3-14-12-16-10(13)9(20-12)11(17)15-6-8-2-4-19-7-8/h8H,2-7,13H2,1H3,(H,14,16)(H,15,17). The molecular formula is C12H20N4O3S. The lowest BCUT2D eigenvalue weighted by atomic mass is 10.1. The first-order valence-electron chi connectivity index (χ1n) is 6.55. The van der Waals surface area contributed by atoms with Crippen molar-refractivity contribution in [3.8, 4) is 0 Å². The number of hydrogen-bond acceptors (Lipinski definition) is 7. The third kappa shape index (κ3) is 4.06. The number of anilines is 2. The van der Waals surface area contributed by atoms with E-state index in [1.807, 2.05) is 0 Å². The summed E-state index contributed by atoms with van der Waals surface area (Å²) in [5, 5.41) is 6.58. The van der Waals surface area contributed by atoms with E-state index in [0.29, 0.717) is 42.2 Å². The van der Waals surface area contributed by atoms with Gasteiger partial charge in [0, 0.05) is 32.7 Å². The fourth-order valence-corrected chi connectivity index (χ4v) is 2.72. The van der Waals surface area contributed by atoms with Crippen molar-refractivity contribution in [2.24, 2.45) is 5.92 Å². The van der Waals surface area contributed by atoms with Crippen molar-refractivity contribution in [1.82, 2.24) is 10.3 Å². The Bertz CT molecular complexity index is 446. The third-order valence-corrected chi connectivity index (χ3v) is 4.04. The minimum atomic E-state index is -0.174. The summed E-state index contributed by atoms with van der Waals surface area (Å²) < 4.78 is 10.2. The van der Waals surface area contributed by atoms with Gasteiger partial charge in [-0.15, -0.1) is 0 Å². The molecule has 1 atom stereocenters. The van der Waals surface area contributed by atoms with E-state index in [1.54, 1.807) is 7.11 Å². The van der Waals surface area contributed by atoms with Crippen LogP contribution in [0.15, 0.2) is 0 Å². The number of hydrogen-bond donors (Lipinski definition) is 3. The second-order valence-electron chi connectivity index (χ2n) is 4.59. The molecule has 0 bridgehead atoms. The van der Waals surface area contributed by atoms with Crippen LogP contribution in [0.1, 0.15) is 16.1 Å². The van der Waals surface area contributed by atoms with Gasteiger partial charge in [0.2, 0.25) is 0 Å². The van der Waals surface area contributed by atoms with Gasteiger partial charge in [0.15, 0.2) is 5.13 Å². The van der Waals surface area contributed by atoms with Crippen molar-refractivity contribution in [3.63, 3.8) is 0 Å². The highest BCUT2D eigenvalue weighted by molar-refractivity contribution is 7.18. The summed E-state index contributed by atoms with van der Waals surface area (Å²) in [6.45, 7) is 3.30. The Labute approximate surface area is 121 Å². The molecule has 1 amide bonds. The van der Waals surface area contributed by atoms with Gasteiger partial charge in [0.25, 0.3) is 5.91 Å². The highest BCUT2D eigenvalue weighted by Crippen LogP contribution is 2.24. The minimum absolute atomic E-state index is 0.174. The SMILES string of the molecule is COCCNc1nc(N)c(C(=O)NCC2CCOC2)s1. The summed E-state index contributed by atoms with van der Waals surface area (Å²) in [4.78, 5) is 16.6. The molecule has 112 valence electrons. The average molecular weight is 300 g/mol. The number of thiazole rings is 1. The van der Waals surface area contributed by atoms with Crippen molar-refractivity contribution in [2.75, 3.05) is 51.1 Å². The molecule has 1 aromatic rings. The molecule has 1 fully saturated rings. The topological polar surface area (TPSA) is 98.5 Å². The molecule has 0 aromatic carbocycles. The lowest BCUT2D eigenvalue weighted by Gasteiger charge is -2.08. The number of nitrogens with one attached hydrogen (secondary N) is 2. The maximum atomic E-state index is 12.1. The second kappa shape index (κ2) is 7.41. The number of carbonyl (C=O) groups is 1. The molecular weight excluding hydrogens is 280 g/mol. The Hall–Kier alpha value is -1.38. The van der Waals surface area contributed by atoms with Gasteiger partial charge >= 0.3 is 0 Å². The van der Waals surface area contributed by atoms with Gasteiger partial charge in [0.1, 0.15) is 10.7 Å². The van der Waals surface area contributed by atoms with E-state index in [0.717, 1.165) is 13.0 Å². The van der Waals surface area contributed by atoms with Gasteiger partial charge in [-0.2, -0.15) is 0 Å². The highest BCUT2D eigenvalue weighted by Gasteiger charge is 2.19. The van der Waals surface area contributed by atoms with Crippen molar-refractivity contribution in [3.05, 3.63) is 4.88 Å². The fraction of sp³-hybridized carbons (Fsp3) is 0.667. The van der Waals surface area contributed by atoms with Crippen molar-refractivity contribution in [1.29, 1.82) is 0 Å². The molecule has 1 saturated heterocycles. The van der Waals surface area contributed by atoms with Gasteiger partial charge in [-0.25, -0.2) is 4.98 Å². The van der Waals surface area contributed by atoms with E-state index in [1.165, 1.54) is 11.3 Å². The van der Waals surface area contributed by atoms with Crippen LogP contribution in [0.25, 0.3) is 0 Å². The summed E-state index contributed by atoms with van der Waals surface area (Å²) in [6.07, 6.45) is 0.988. The van der Waals surface area contributed by atoms with Crippen molar-refractivity contribution >= 4 is 28.2 Å². The molecule has 1 aromatic heterocycles. The Morgan fingerprint density at radius 1 is 1.65 bits per heavy atom. The average Bonchev–Trinajstić information content (AvgIpc) is 3.06.